The Morgan fingerprint density at radius 3 is 2.68 bits per heavy atom. The van der Waals surface area contributed by atoms with Gasteiger partial charge in [0, 0.05) is 18.7 Å². The molecule has 0 aromatic carbocycles. The summed E-state index contributed by atoms with van der Waals surface area (Å²) in [5.41, 5.74) is 0.0523. The quantitative estimate of drug-likeness (QED) is 0.463. The molecule has 5 heteroatoms. The molecule has 1 rings (SSSR count). The minimum atomic E-state index is -0.226. The summed E-state index contributed by atoms with van der Waals surface area (Å²) in [4.78, 5) is 4.22. The molecule has 1 aromatic heterocycles. The standard InChI is InChI=1S/C14H22N4O/c1-6-7-8-9-16-18(5)12-11(10-15)17-13(19-12)14(2,3)4/h9H,6-8H2,1-5H3. The highest BCUT2D eigenvalue weighted by Crippen LogP contribution is 2.28. The van der Waals surface area contributed by atoms with E-state index in [4.69, 9.17) is 9.68 Å². The lowest BCUT2D eigenvalue weighted by atomic mass is 9.97. The van der Waals surface area contributed by atoms with Crippen LogP contribution in [0.1, 0.15) is 58.5 Å². The van der Waals surface area contributed by atoms with Gasteiger partial charge in [-0.15, -0.1) is 0 Å². The van der Waals surface area contributed by atoms with E-state index in [0.29, 0.717) is 11.8 Å². The van der Waals surface area contributed by atoms with Crippen molar-refractivity contribution in [3.8, 4) is 6.07 Å². The average Bonchev–Trinajstić information content (AvgIpc) is 2.78. The van der Waals surface area contributed by atoms with Gasteiger partial charge in [0.05, 0.1) is 0 Å². The maximum Gasteiger partial charge on any atom is 0.254 e. The predicted molar refractivity (Wildman–Crippen MR) is 76.3 cm³/mol. The highest BCUT2D eigenvalue weighted by Gasteiger charge is 2.25. The van der Waals surface area contributed by atoms with Crippen molar-refractivity contribution < 1.29 is 4.42 Å². The molecular formula is C14H22N4O. The van der Waals surface area contributed by atoms with Crippen molar-refractivity contribution in [1.82, 2.24) is 4.98 Å². The summed E-state index contributed by atoms with van der Waals surface area (Å²) in [7, 11) is 1.76. The zero-order valence-corrected chi connectivity index (χ0v) is 12.4. The SMILES string of the molecule is CCCCC=NN(C)c1oc(C(C)(C)C)nc1C#N. The van der Waals surface area contributed by atoms with Gasteiger partial charge in [-0.1, -0.05) is 34.1 Å². The molecule has 104 valence electrons. The van der Waals surface area contributed by atoms with Crippen molar-refractivity contribution >= 4 is 12.1 Å². The number of unbranched alkanes of at least 4 members (excludes halogenated alkanes) is 2. The summed E-state index contributed by atoms with van der Waals surface area (Å²) in [5.74, 6) is 0.954. The van der Waals surface area contributed by atoms with Crippen molar-refractivity contribution in [3.63, 3.8) is 0 Å². The molecule has 0 unspecified atom stereocenters. The average molecular weight is 262 g/mol. The van der Waals surface area contributed by atoms with E-state index in [0.717, 1.165) is 19.3 Å². The second kappa shape index (κ2) is 6.37. The zero-order valence-electron chi connectivity index (χ0n) is 12.4. The van der Waals surface area contributed by atoms with Crippen LogP contribution >= 0.6 is 0 Å². The lowest BCUT2D eigenvalue weighted by Gasteiger charge is -2.13. The Balaban J connectivity index is 2.91. The molecule has 0 atom stereocenters. The van der Waals surface area contributed by atoms with Crippen LogP contribution in [0.15, 0.2) is 9.52 Å². The van der Waals surface area contributed by atoms with Crippen molar-refractivity contribution in [2.24, 2.45) is 5.10 Å². The van der Waals surface area contributed by atoms with Gasteiger partial charge >= 0.3 is 0 Å². The van der Waals surface area contributed by atoms with E-state index in [9.17, 15) is 0 Å². The third-order valence-corrected chi connectivity index (χ3v) is 2.59. The minimum Gasteiger partial charge on any atom is -0.421 e. The fourth-order valence-electron chi connectivity index (χ4n) is 1.45. The molecule has 0 N–H and O–H groups in total. The van der Waals surface area contributed by atoms with E-state index in [1.165, 1.54) is 0 Å². The molecule has 0 saturated carbocycles. The Kier molecular flexibility index (Phi) is 5.11. The largest absolute Gasteiger partial charge is 0.421 e. The first kappa shape index (κ1) is 15.2. The van der Waals surface area contributed by atoms with E-state index in [2.05, 4.69) is 23.1 Å². The summed E-state index contributed by atoms with van der Waals surface area (Å²) in [6, 6.07) is 2.05. The Labute approximate surface area is 114 Å². The molecule has 1 heterocycles. The number of aromatic nitrogens is 1. The monoisotopic (exact) mass is 262 g/mol. The number of hydrogen-bond acceptors (Lipinski definition) is 5. The number of anilines is 1. The first-order chi connectivity index (χ1) is 8.90. The Hall–Kier alpha value is -1.83. The summed E-state index contributed by atoms with van der Waals surface area (Å²) < 4.78 is 5.67. The molecule has 0 spiro atoms. The normalized spacial score (nSPS) is 11.8. The molecule has 0 amide bonds. The van der Waals surface area contributed by atoms with Crippen LogP contribution < -0.4 is 5.01 Å². The van der Waals surface area contributed by atoms with Crippen LogP contribution in [0.2, 0.25) is 0 Å². The van der Waals surface area contributed by atoms with Crippen LogP contribution in [0.4, 0.5) is 5.88 Å². The van der Waals surface area contributed by atoms with E-state index < -0.39 is 0 Å². The van der Waals surface area contributed by atoms with Gasteiger partial charge in [-0.3, -0.25) is 0 Å². The van der Waals surface area contributed by atoms with Crippen molar-refractivity contribution in [2.75, 3.05) is 12.1 Å². The topological polar surface area (TPSA) is 65.4 Å². The molecule has 1 aromatic rings. The zero-order chi connectivity index (χ0) is 14.5. The third kappa shape index (κ3) is 4.09. The van der Waals surface area contributed by atoms with Crippen LogP contribution in [-0.4, -0.2) is 18.2 Å². The van der Waals surface area contributed by atoms with Gasteiger partial charge in [0.1, 0.15) is 6.07 Å². The second-order valence-corrected chi connectivity index (χ2v) is 5.50. The van der Waals surface area contributed by atoms with Crippen LogP contribution in [0.3, 0.4) is 0 Å². The highest BCUT2D eigenvalue weighted by atomic mass is 16.4. The van der Waals surface area contributed by atoms with E-state index in [1.54, 1.807) is 12.1 Å². The molecule has 0 fully saturated rings. The Morgan fingerprint density at radius 1 is 1.47 bits per heavy atom. The van der Waals surface area contributed by atoms with Crippen LogP contribution in [0, 0.1) is 11.3 Å². The molecule has 0 saturated heterocycles. The molecule has 0 aliphatic heterocycles. The number of nitrogens with zero attached hydrogens (tertiary/aromatic N) is 4. The maximum atomic E-state index is 9.10. The van der Waals surface area contributed by atoms with Crippen LogP contribution in [0.5, 0.6) is 0 Å². The fraction of sp³-hybridized carbons (Fsp3) is 0.643. The molecule has 5 nitrogen and oxygen atoms in total. The number of hydrazone groups is 1. The van der Waals surface area contributed by atoms with Gasteiger partial charge < -0.3 is 4.42 Å². The van der Waals surface area contributed by atoms with Gasteiger partial charge in [-0.25, -0.2) is 5.01 Å². The van der Waals surface area contributed by atoms with Gasteiger partial charge in [0.2, 0.25) is 11.6 Å². The van der Waals surface area contributed by atoms with Crippen molar-refractivity contribution in [2.45, 2.75) is 52.4 Å². The van der Waals surface area contributed by atoms with Crippen LogP contribution in [0.25, 0.3) is 0 Å². The first-order valence-corrected chi connectivity index (χ1v) is 6.57. The van der Waals surface area contributed by atoms with Gasteiger partial charge in [0.25, 0.3) is 5.88 Å². The molecule has 19 heavy (non-hydrogen) atoms. The molecule has 0 aliphatic carbocycles. The van der Waals surface area contributed by atoms with Crippen LogP contribution in [-0.2, 0) is 5.41 Å². The molecule has 0 radical (unpaired) electrons. The smallest absolute Gasteiger partial charge is 0.254 e. The van der Waals surface area contributed by atoms with Crippen molar-refractivity contribution in [3.05, 3.63) is 11.6 Å². The summed E-state index contributed by atoms with van der Waals surface area (Å²) >= 11 is 0. The van der Waals surface area contributed by atoms with Gasteiger partial charge in [0.15, 0.2) is 0 Å². The third-order valence-electron chi connectivity index (χ3n) is 2.59. The molecule has 0 bridgehead atoms. The van der Waals surface area contributed by atoms with Gasteiger partial charge in [-0.2, -0.15) is 15.3 Å². The van der Waals surface area contributed by atoms with E-state index in [1.807, 2.05) is 27.0 Å². The highest BCUT2D eigenvalue weighted by molar-refractivity contribution is 5.60. The predicted octanol–water partition coefficient (Wildman–Crippen LogP) is 3.46. The minimum absolute atomic E-state index is 0.226. The summed E-state index contributed by atoms with van der Waals surface area (Å²) in [6.07, 6.45) is 4.99. The lowest BCUT2D eigenvalue weighted by molar-refractivity contribution is 0.394. The number of oxazole rings is 1. The summed E-state index contributed by atoms with van der Waals surface area (Å²) in [5, 5.41) is 14.9. The van der Waals surface area contributed by atoms with E-state index in [-0.39, 0.29) is 11.1 Å². The number of hydrogen-bond donors (Lipinski definition) is 0. The number of nitriles is 1. The number of rotatable bonds is 5. The lowest BCUT2D eigenvalue weighted by Crippen LogP contribution is -2.11. The van der Waals surface area contributed by atoms with Crippen molar-refractivity contribution in [1.29, 1.82) is 5.26 Å². The second-order valence-electron chi connectivity index (χ2n) is 5.50. The molecular weight excluding hydrogens is 240 g/mol. The Morgan fingerprint density at radius 2 is 2.16 bits per heavy atom. The van der Waals surface area contributed by atoms with E-state index >= 15 is 0 Å². The van der Waals surface area contributed by atoms with Gasteiger partial charge in [-0.05, 0) is 12.8 Å². The molecule has 0 aliphatic rings. The fourth-order valence-corrected chi connectivity index (χ4v) is 1.45. The maximum absolute atomic E-state index is 9.10. The first-order valence-electron chi connectivity index (χ1n) is 6.57. The summed E-state index contributed by atoms with van der Waals surface area (Å²) in [6.45, 7) is 8.12. The Bertz CT molecular complexity index is 477.